The molecule has 2 aromatic rings. The number of anilines is 2. The summed E-state index contributed by atoms with van der Waals surface area (Å²) in [4.78, 5) is 14.5. The van der Waals surface area contributed by atoms with E-state index in [4.69, 9.17) is 10.2 Å². The normalized spacial score (nSPS) is 10.4. The van der Waals surface area contributed by atoms with Crippen molar-refractivity contribution in [1.29, 1.82) is 0 Å². The highest BCUT2D eigenvalue weighted by molar-refractivity contribution is 5.74. The van der Waals surface area contributed by atoms with Crippen molar-refractivity contribution in [3.8, 4) is 0 Å². The Balaban J connectivity index is 2.15. The lowest BCUT2D eigenvalue weighted by Crippen LogP contribution is -2.04. The standard InChI is InChI=1S/C12H14N4O3/c1-2-8-6-15-11(19-8)7-14-10-5-3-4-9(13)12(10)16(17)18/h3-6,14H,2,7,13H2,1H3. The number of aryl methyl sites for hydroxylation is 1. The zero-order valence-corrected chi connectivity index (χ0v) is 10.4. The number of nitrogens with one attached hydrogen (secondary N) is 1. The Morgan fingerprint density at radius 3 is 2.95 bits per heavy atom. The average Bonchev–Trinajstić information content (AvgIpc) is 2.83. The number of benzene rings is 1. The number of nitrogens with two attached hydrogens (primary N) is 1. The molecule has 0 spiro atoms. The molecule has 0 unspecified atom stereocenters. The molecule has 19 heavy (non-hydrogen) atoms. The van der Waals surface area contributed by atoms with Gasteiger partial charge in [0.25, 0.3) is 0 Å². The van der Waals surface area contributed by atoms with Crippen LogP contribution < -0.4 is 11.1 Å². The van der Waals surface area contributed by atoms with Crippen LogP contribution in [0.3, 0.4) is 0 Å². The van der Waals surface area contributed by atoms with E-state index in [1.807, 2.05) is 6.92 Å². The lowest BCUT2D eigenvalue weighted by atomic mass is 10.2. The fourth-order valence-corrected chi connectivity index (χ4v) is 1.67. The fraction of sp³-hybridized carbons (Fsp3) is 0.250. The quantitative estimate of drug-likeness (QED) is 0.486. The van der Waals surface area contributed by atoms with Crippen molar-refractivity contribution in [3.63, 3.8) is 0 Å². The minimum Gasteiger partial charge on any atom is -0.444 e. The summed E-state index contributed by atoms with van der Waals surface area (Å²) < 4.78 is 5.41. The van der Waals surface area contributed by atoms with Crippen LogP contribution in [-0.4, -0.2) is 9.91 Å². The third kappa shape index (κ3) is 2.82. The molecular formula is C12H14N4O3. The second kappa shape index (κ2) is 5.38. The van der Waals surface area contributed by atoms with E-state index in [1.54, 1.807) is 18.3 Å². The van der Waals surface area contributed by atoms with Crippen LogP contribution in [0.2, 0.25) is 0 Å². The van der Waals surface area contributed by atoms with Crippen molar-refractivity contribution in [2.24, 2.45) is 0 Å². The van der Waals surface area contributed by atoms with Gasteiger partial charge >= 0.3 is 5.69 Å². The maximum atomic E-state index is 11.0. The zero-order valence-electron chi connectivity index (χ0n) is 10.4. The molecule has 1 aromatic heterocycles. The first-order valence-electron chi connectivity index (χ1n) is 5.82. The lowest BCUT2D eigenvalue weighted by Gasteiger charge is -2.06. The third-order valence-corrected chi connectivity index (χ3v) is 2.63. The summed E-state index contributed by atoms with van der Waals surface area (Å²) in [6.07, 6.45) is 2.40. The Morgan fingerprint density at radius 1 is 1.53 bits per heavy atom. The van der Waals surface area contributed by atoms with Crippen LogP contribution in [0.4, 0.5) is 17.1 Å². The molecule has 0 saturated carbocycles. The molecule has 0 aliphatic heterocycles. The Kier molecular flexibility index (Phi) is 3.65. The van der Waals surface area contributed by atoms with Crippen molar-refractivity contribution in [3.05, 3.63) is 46.2 Å². The van der Waals surface area contributed by atoms with Gasteiger partial charge in [0.05, 0.1) is 17.7 Å². The van der Waals surface area contributed by atoms with Crippen LogP contribution in [0.15, 0.2) is 28.8 Å². The summed E-state index contributed by atoms with van der Waals surface area (Å²) in [7, 11) is 0. The number of hydrogen-bond acceptors (Lipinski definition) is 6. The van der Waals surface area contributed by atoms with E-state index < -0.39 is 4.92 Å². The minimum absolute atomic E-state index is 0.122. The Morgan fingerprint density at radius 2 is 2.32 bits per heavy atom. The molecule has 0 aliphatic carbocycles. The summed E-state index contributed by atoms with van der Waals surface area (Å²) in [5, 5.41) is 13.9. The summed E-state index contributed by atoms with van der Waals surface area (Å²) in [6.45, 7) is 2.23. The molecule has 0 fully saturated rings. The number of oxazole rings is 1. The number of rotatable bonds is 5. The van der Waals surface area contributed by atoms with Gasteiger partial charge in [-0.2, -0.15) is 0 Å². The van der Waals surface area contributed by atoms with Gasteiger partial charge in [-0.15, -0.1) is 0 Å². The molecule has 7 heteroatoms. The van der Waals surface area contributed by atoms with Gasteiger partial charge in [-0.1, -0.05) is 13.0 Å². The Hall–Kier alpha value is -2.57. The molecule has 0 saturated heterocycles. The van der Waals surface area contributed by atoms with Crippen LogP contribution in [0.25, 0.3) is 0 Å². The van der Waals surface area contributed by atoms with Crippen LogP contribution in [0.1, 0.15) is 18.6 Å². The highest BCUT2D eigenvalue weighted by atomic mass is 16.6. The van der Waals surface area contributed by atoms with Crippen molar-refractivity contribution >= 4 is 17.1 Å². The van der Waals surface area contributed by atoms with Gasteiger partial charge in [0.2, 0.25) is 5.89 Å². The first kappa shape index (κ1) is 12.9. The third-order valence-electron chi connectivity index (χ3n) is 2.63. The van der Waals surface area contributed by atoms with Gasteiger partial charge in [0.1, 0.15) is 17.1 Å². The van der Waals surface area contributed by atoms with Gasteiger partial charge in [0, 0.05) is 6.42 Å². The van der Waals surface area contributed by atoms with Crippen molar-refractivity contribution in [2.75, 3.05) is 11.1 Å². The van der Waals surface area contributed by atoms with Gasteiger partial charge in [-0.05, 0) is 12.1 Å². The van der Waals surface area contributed by atoms with Gasteiger partial charge in [-0.3, -0.25) is 10.1 Å². The number of hydrogen-bond donors (Lipinski definition) is 2. The number of aromatic nitrogens is 1. The molecule has 1 heterocycles. The lowest BCUT2D eigenvalue weighted by molar-refractivity contribution is -0.383. The predicted molar refractivity (Wildman–Crippen MR) is 70.7 cm³/mol. The van der Waals surface area contributed by atoms with Crippen LogP contribution in [-0.2, 0) is 13.0 Å². The first-order valence-corrected chi connectivity index (χ1v) is 5.82. The number of nitro benzene ring substituents is 1. The smallest absolute Gasteiger partial charge is 0.314 e. The van der Waals surface area contributed by atoms with E-state index in [1.165, 1.54) is 6.07 Å². The molecule has 0 radical (unpaired) electrons. The predicted octanol–water partition coefficient (Wildman–Crippen LogP) is 2.34. The van der Waals surface area contributed by atoms with Crippen LogP contribution >= 0.6 is 0 Å². The van der Waals surface area contributed by atoms with Gasteiger partial charge < -0.3 is 15.5 Å². The fourth-order valence-electron chi connectivity index (χ4n) is 1.67. The Bertz CT molecular complexity index is 594. The van der Waals surface area contributed by atoms with Crippen molar-refractivity contribution in [1.82, 2.24) is 4.98 Å². The highest BCUT2D eigenvalue weighted by Crippen LogP contribution is 2.30. The largest absolute Gasteiger partial charge is 0.444 e. The second-order valence-corrected chi connectivity index (χ2v) is 3.93. The first-order chi connectivity index (χ1) is 9.11. The number of para-hydroxylation sites is 1. The maximum absolute atomic E-state index is 11.0. The monoisotopic (exact) mass is 262 g/mol. The molecule has 3 N–H and O–H groups in total. The van der Waals surface area contributed by atoms with Crippen molar-refractivity contribution in [2.45, 2.75) is 19.9 Å². The molecule has 0 atom stereocenters. The minimum atomic E-state index is -0.509. The number of nitrogen functional groups attached to an aromatic ring is 1. The number of nitro groups is 1. The molecular weight excluding hydrogens is 248 g/mol. The zero-order chi connectivity index (χ0) is 13.8. The molecule has 2 rings (SSSR count). The summed E-state index contributed by atoms with van der Waals surface area (Å²) in [6, 6.07) is 4.74. The molecule has 0 bridgehead atoms. The van der Waals surface area contributed by atoms with Gasteiger partial charge in [-0.25, -0.2) is 4.98 Å². The molecule has 1 aromatic carbocycles. The Labute approximate surface area is 109 Å². The van der Waals surface area contributed by atoms with E-state index in [0.29, 0.717) is 11.6 Å². The van der Waals surface area contributed by atoms with E-state index >= 15 is 0 Å². The van der Waals surface area contributed by atoms with E-state index in [-0.39, 0.29) is 17.9 Å². The van der Waals surface area contributed by atoms with E-state index in [2.05, 4.69) is 10.3 Å². The molecule has 0 amide bonds. The topological polar surface area (TPSA) is 107 Å². The van der Waals surface area contributed by atoms with Crippen molar-refractivity contribution < 1.29 is 9.34 Å². The van der Waals surface area contributed by atoms with Gasteiger partial charge in [0.15, 0.2) is 0 Å². The average molecular weight is 262 g/mol. The molecule has 7 nitrogen and oxygen atoms in total. The maximum Gasteiger partial charge on any atom is 0.314 e. The highest BCUT2D eigenvalue weighted by Gasteiger charge is 2.17. The summed E-state index contributed by atoms with van der Waals surface area (Å²) in [5.41, 5.74) is 5.93. The molecule has 0 aliphatic rings. The van der Waals surface area contributed by atoms with E-state index in [0.717, 1.165) is 12.2 Å². The SMILES string of the molecule is CCc1cnc(CNc2cccc(N)c2[N+](=O)[O-])o1. The summed E-state index contributed by atoms with van der Waals surface area (Å²) in [5.74, 6) is 1.26. The summed E-state index contributed by atoms with van der Waals surface area (Å²) >= 11 is 0. The number of nitrogens with zero attached hydrogens (tertiary/aromatic N) is 2. The van der Waals surface area contributed by atoms with Crippen LogP contribution in [0, 0.1) is 10.1 Å². The second-order valence-electron chi connectivity index (χ2n) is 3.93. The van der Waals surface area contributed by atoms with Crippen LogP contribution in [0.5, 0.6) is 0 Å². The molecule has 100 valence electrons. The van der Waals surface area contributed by atoms with E-state index in [9.17, 15) is 10.1 Å².